The Morgan fingerprint density at radius 3 is 2.88 bits per heavy atom. The van der Waals surface area contributed by atoms with Gasteiger partial charge in [-0.05, 0) is 13.0 Å². The molecule has 1 aromatic rings. The number of urea groups is 1. The van der Waals surface area contributed by atoms with Crippen molar-refractivity contribution in [2.75, 3.05) is 6.54 Å². The minimum Gasteiger partial charge on any atom is -0.481 e. The molecular formula is C10H16N4O3. The zero-order valence-electron chi connectivity index (χ0n) is 9.59. The number of aliphatic carboxylic acids is 1. The molecule has 1 heterocycles. The summed E-state index contributed by atoms with van der Waals surface area (Å²) in [5.74, 6) is -0.936. The van der Waals surface area contributed by atoms with Crippen molar-refractivity contribution in [3.8, 4) is 0 Å². The van der Waals surface area contributed by atoms with Gasteiger partial charge in [0.25, 0.3) is 0 Å². The van der Waals surface area contributed by atoms with Crippen LogP contribution in [0.15, 0.2) is 18.5 Å². The van der Waals surface area contributed by atoms with Crippen molar-refractivity contribution in [2.24, 2.45) is 0 Å². The molecule has 17 heavy (non-hydrogen) atoms. The van der Waals surface area contributed by atoms with E-state index in [4.69, 9.17) is 5.11 Å². The van der Waals surface area contributed by atoms with Crippen LogP contribution < -0.4 is 10.6 Å². The van der Waals surface area contributed by atoms with Gasteiger partial charge in [-0.15, -0.1) is 0 Å². The number of carbonyl (C=O) groups is 2. The molecule has 1 unspecified atom stereocenters. The number of carbonyl (C=O) groups excluding carboxylic acids is 1. The van der Waals surface area contributed by atoms with E-state index in [0.29, 0.717) is 13.1 Å². The van der Waals surface area contributed by atoms with Crippen LogP contribution in [0, 0.1) is 0 Å². The lowest BCUT2D eigenvalue weighted by atomic mass is 10.2. The molecule has 0 saturated heterocycles. The van der Waals surface area contributed by atoms with Crippen molar-refractivity contribution in [3.63, 3.8) is 0 Å². The SMILES string of the molecule is CC(CC(=O)O)NC(=O)NCCn1cccn1. The van der Waals surface area contributed by atoms with Gasteiger partial charge in [0.15, 0.2) is 0 Å². The first-order valence-corrected chi connectivity index (χ1v) is 5.31. The van der Waals surface area contributed by atoms with Gasteiger partial charge in [0.05, 0.1) is 13.0 Å². The van der Waals surface area contributed by atoms with E-state index in [9.17, 15) is 9.59 Å². The van der Waals surface area contributed by atoms with E-state index < -0.39 is 12.0 Å². The summed E-state index contributed by atoms with van der Waals surface area (Å²) in [6, 6.07) is 1.04. The Morgan fingerprint density at radius 2 is 2.29 bits per heavy atom. The third-order valence-electron chi connectivity index (χ3n) is 2.04. The summed E-state index contributed by atoms with van der Waals surface area (Å²) in [5, 5.41) is 17.6. The first-order chi connectivity index (χ1) is 8.08. The number of nitrogens with one attached hydrogen (secondary N) is 2. The lowest BCUT2D eigenvalue weighted by Crippen LogP contribution is -2.42. The van der Waals surface area contributed by atoms with Crippen molar-refractivity contribution < 1.29 is 14.7 Å². The van der Waals surface area contributed by atoms with E-state index in [1.165, 1.54) is 0 Å². The molecule has 0 aliphatic heterocycles. The molecule has 7 heteroatoms. The minimum atomic E-state index is -0.936. The van der Waals surface area contributed by atoms with Crippen LogP contribution >= 0.6 is 0 Å². The van der Waals surface area contributed by atoms with Crippen LogP contribution in [0.4, 0.5) is 4.79 Å². The molecule has 0 aliphatic rings. The molecule has 3 N–H and O–H groups in total. The van der Waals surface area contributed by atoms with Gasteiger partial charge in [0.1, 0.15) is 0 Å². The van der Waals surface area contributed by atoms with E-state index in [1.54, 1.807) is 30.1 Å². The monoisotopic (exact) mass is 240 g/mol. The highest BCUT2D eigenvalue weighted by atomic mass is 16.4. The highest BCUT2D eigenvalue weighted by Crippen LogP contribution is 1.89. The lowest BCUT2D eigenvalue weighted by molar-refractivity contribution is -0.137. The number of rotatable bonds is 6. The number of nitrogens with zero attached hydrogens (tertiary/aromatic N) is 2. The quantitative estimate of drug-likeness (QED) is 0.654. The van der Waals surface area contributed by atoms with Crippen LogP contribution in [0.2, 0.25) is 0 Å². The number of amides is 2. The number of carboxylic acids is 1. The lowest BCUT2D eigenvalue weighted by Gasteiger charge is -2.12. The second-order valence-electron chi connectivity index (χ2n) is 3.67. The predicted octanol–water partition coefficient (Wildman–Crippen LogP) is 0.0455. The van der Waals surface area contributed by atoms with E-state index in [2.05, 4.69) is 15.7 Å². The number of carboxylic acid groups (broad SMARTS) is 1. The molecule has 0 radical (unpaired) electrons. The second-order valence-corrected chi connectivity index (χ2v) is 3.67. The Morgan fingerprint density at radius 1 is 1.53 bits per heavy atom. The molecule has 0 saturated carbocycles. The maximum atomic E-state index is 11.3. The van der Waals surface area contributed by atoms with Gasteiger partial charge >= 0.3 is 12.0 Å². The number of hydrogen-bond donors (Lipinski definition) is 3. The first-order valence-electron chi connectivity index (χ1n) is 5.31. The van der Waals surface area contributed by atoms with Crippen LogP contribution in [0.5, 0.6) is 0 Å². The summed E-state index contributed by atoms with van der Waals surface area (Å²) in [4.78, 5) is 21.7. The van der Waals surface area contributed by atoms with Crippen LogP contribution in [-0.2, 0) is 11.3 Å². The molecule has 1 aromatic heterocycles. The molecule has 1 rings (SSSR count). The van der Waals surface area contributed by atoms with Gasteiger partial charge in [-0.3, -0.25) is 9.48 Å². The molecule has 7 nitrogen and oxygen atoms in total. The zero-order chi connectivity index (χ0) is 12.7. The van der Waals surface area contributed by atoms with E-state index in [1.807, 2.05) is 0 Å². The molecule has 94 valence electrons. The van der Waals surface area contributed by atoms with Gasteiger partial charge < -0.3 is 15.7 Å². The molecule has 0 fully saturated rings. The number of hydrogen-bond acceptors (Lipinski definition) is 3. The average molecular weight is 240 g/mol. The summed E-state index contributed by atoms with van der Waals surface area (Å²) in [5.41, 5.74) is 0. The summed E-state index contributed by atoms with van der Waals surface area (Å²) in [6.07, 6.45) is 3.37. The van der Waals surface area contributed by atoms with E-state index >= 15 is 0 Å². The summed E-state index contributed by atoms with van der Waals surface area (Å²) >= 11 is 0. The van der Waals surface area contributed by atoms with E-state index in [-0.39, 0.29) is 12.5 Å². The molecule has 0 aliphatic carbocycles. The molecule has 0 aromatic carbocycles. The van der Waals surface area contributed by atoms with Gasteiger partial charge in [0, 0.05) is 25.0 Å². The van der Waals surface area contributed by atoms with Crippen LogP contribution in [-0.4, -0.2) is 39.5 Å². The van der Waals surface area contributed by atoms with Crippen molar-refractivity contribution >= 4 is 12.0 Å². The Labute approximate surface area is 98.8 Å². The van der Waals surface area contributed by atoms with Crippen molar-refractivity contribution in [2.45, 2.75) is 25.9 Å². The molecular weight excluding hydrogens is 224 g/mol. The standard InChI is InChI=1S/C10H16N4O3/c1-8(7-9(15)16)13-10(17)11-4-6-14-5-2-3-12-14/h2-3,5,8H,4,6-7H2,1H3,(H,15,16)(H2,11,13,17). The van der Waals surface area contributed by atoms with E-state index in [0.717, 1.165) is 0 Å². The predicted molar refractivity (Wildman–Crippen MR) is 60.5 cm³/mol. The van der Waals surface area contributed by atoms with Crippen molar-refractivity contribution in [1.29, 1.82) is 0 Å². The summed E-state index contributed by atoms with van der Waals surface area (Å²) in [7, 11) is 0. The smallest absolute Gasteiger partial charge is 0.315 e. The Hall–Kier alpha value is -2.05. The van der Waals surface area contributed by atoms with Gasteiger partial charge in [-0.1, -0.05) is 0 Å². The highest BCUT2D eigenvalue weighted by molar-refractivity contribution is 5.75. The number of aromatic nitrogens is 2. The second kappa shape index (κ2) is 6.51. The fraction of sp³-hybridized carbons (Fsp3) is 0.500. The maximum absolute atomic E-state index is 11.3. The van der Waals surface area contributed by atoms with Gasteiger partial charge in [-0.2, -0.15) is 5.10 Å². The van der Waals surface area contributed by atoms with Crippen LogP contribution in [0.1, 0.15) is 13.3 Å². The fourth-order valence-electron chi connectivity index (χ4n) is 1.30. The van der Waals surface area contributed by atoms with Gasteiger partial charge in [0.2, 0.25) is 0 Å². The third-order valence-corrected chi connectivity index (χ3v) is 2.04. The van der Waals surface area contributed by atoms with Crippen LogP contribution in [0.25, 0.3) is 0 Å². The average Bonchev–Trinajstić information content (AvgIpc) is 2.68. The first kappa shape index (κ1) is 13.0. The molecule has 2 amide bonds. The molecule has 0 spiro atoms. The molecule has 0 bridgehead atoms. The fourth-order valence-corrected chi connectivity index (χ4v) is 1.30. The zero-order valence-corrected chi connectivity index (χ0v) is 9.59. The Bertz CT molecular complexity index is 364. The minimum absolute atomic E-state index is 0.0907. The largest absolute Gasteiger partial charge is 0.481 e. The van der Waals surface area contributed by atoms with Gasteiger partial charge in [-0.25, -0.2) is 4.79 Å². The summed E-state index contributed by atoms with van der Waals surface area (Å²) < 4.78 is 1.70. The Balaban J connectivity index is 2.14. The van der Waals surface area contributed by atoms with Crippen LogP contribution in [0.3, 0.4) is 0 Å². The summed E-state index contributed by atoms with van der Waals surface area (Å²) in [6.45, 7) is 2.65. The third kappa shape index (κ3) is 5.55. The molecule has 1 atom stereocenters. The normalized spacial score (nSPS) is 11.8. The Kier molecular flexibility index (Phi) is 4.99. The highest BCUT2D eigenvalue weighted by Gasteiger charge is 2.09. The van der Waals surface area contributed by atoms with Crippen molar-refractivity contribution in [1.82, 2.24) is 20.4 Å². The van der Waals surface area contributed by atoms with Crippen molar-refractivity contribution in [3.05, 3.63) is 18.5 Å². The topological polar surface area (TPSA) is 96.3 Å². The maximum Gasteiger partial charge on any atom is 0.315 e.